The number of aliphatic hydroxyl groups excluding tert-OH is 1. The number of aliphatic hydroxyl groups is 1. The molecular formula is C47H40N2O6. The molecule has 1 fully saturated rings. The first-order valence-electron chi connectivity index (χ1n) is 18.3. The Bertz CT molecular complexity index is 2210. The van der Waals surface area contributed by atoms with E-state index in [1.807, 2.05) is 182 Å². The quantitative estimate of drug-likeness (QED) is 0.129. The molecule has 0 saturated carbocycles. The summed E-state index contributed by atoms with van der Waals surface area (Å²) in [6, 6.07) is 60.5. The Morgan fingerprint density at radius 3 is 1.27 bits per heavy atom. The van der Waals surface area contributed by atoms with Crippen LogP contribution in [0.2, 0.25) is 0 Å². The van der Waals surface area contributed by atoms with Crippen molar-refractivity contribution in [3.8, 4) is 0 Å². The van der Waals surface area contributed by atoms with Crippen molar-refractivity contribution in [2.24, 2.45) is 0 Å². The molecule has 4 atom stereocenters. The fraction of sp³-hybridized carbons (Fsp3) is 0.149. The van der Waals surface area contributed by atoms with Gasteiger partial charge in [-0.3, -0.25) is 14.3 Å². The van der Waals surface area contributed by atoms with E-state index in [1.165, 1.54) is 16.8 Å². The van der Waals surface area contributed by atoms with Crippen molar-refractivity contribution in [2.45, 2.75) is 35.7 Å². The molecule has 0 amide bonds. The summed E-state index contributed by atoms with van der Waals surface area (Å²) >= 11 is 0. The van der Waals surface area contributed by atoms with E-state index in [9.17, 15) is 14.7 Å². The largest absolute Gasteiger partial charge is 0.387 e. The van der Waals surface area contributed by atoms with Gasteiger partial charge in [0.15, 0.2) is 6.23 Å². The van der Waals surface area contributed by atoms with Crippen LogP contribution in [0.25, 0.3) is 0 Å². The molecule has 2 N–H and O–H groups in total. The summed E-state index contributed by atoms with van der Waals surface area (Å²) < 4.78 is 22.4. The van der Waals surface area contributed by atoms with Crippen molar-refractivity contribution >= 4 is 0 Å². The van der Waals surface area contributed by atoms with Gasteiger partial charge in [0.05, 0.1) is 6.61 Å². The Morgan fingerprint density at radius 1 is 0.545 bits per heavy atom. The zero-order valence-electron chi connectivity index (χ0n) is 29.9. The monoisotopic (exact) mass is 728 g/mol. The number of benzene rings is 6. The first-order valence-corrected chi connectivity index (χ1v) is 18.3. The van der Waals surface area contributed by atoms with E-state index in [0.717, 1.165) is 33.4 Å². The molecule has 8 nitrogen and oxygen atoms in total. The van der Waals surface area contributed by atoms with E-state index in [-0.39, 0.29) is 6.61 Å². The highest BCUT2D eigenvalue weighted by Gasteiger charge is 2.52. The minimum atomic E-state index is -1.31. The lowest BCUT2D eigenvalue weighted by Crippen LogP contribution is -2.46. The molecule has 0 aliphatic carbocycles. The summed E-state index contributed by atoms with van der Waals surface area (Å²) in [5.74, 6) is 0. The van der Waals surface area contributed by atoms with E-state index < -0.39 is 47.0 Å². The average molecular weight is 729 g/mol. The van der Waals surface area contributed by atoms with Crippen LogP contribution in [0.4, 0.5) is 0 Å². The first-order chi connectivity index (χ1) is 27.0. The van der Waals surface area contributed by atoms with Crippen LogP contribution < -0.4 is 11.2 Å². The maximum absolute atomic E-state index is 13.5. The lowest BCUT2D eigenvalue weighted by Gasteiger charge is -2.40. The first kappa shape index (κ1) is 35.8. The molecule has 55 heavy (non-hydrogen) atoms. The second-order valence-corrected chi connectivity index (χ2v) is 13.5. The molecule has 0 radical (unpaired) electrons. The molecule has 1 aliphatic rings. The molecule has 2 heterocycles. The molecule has 8 rings (SSSR count). The van der Waals surface area contributed by atoms with Crippen LogP contribution in [-0.2, 0) is 25.4 Å². The predicted molar refractivity (Wildman–Crippen MR) is 210 cm³/mol. The van der Waals surface area contributed by atoms with Gasteiger partial charge in [-0.15, -0.1) is 0 Å². The second kappa shape index (κ2) is 15.7. The third-order valence-electron chi connectivity index (χ3n) is 10.3. The lowest BCUT2D eigenvalue weighted by atomic mass is 9.79. The van der Waals surface area contributed by atoms with Crippen LogP contribution in [0, 0.1) is 0 Å². The van der Waals surface area contributed by atoms with Crippen LogP contribution >= 0.6 is 0 Å². The number of nitrogens with zero attached hydrogens (tertiary/aromatic N) is 1. The van der Waals surface area contributed by atoms with E-state index >= 15 is 0 Å². The Labute approximate surface area is 318 Å². The fourth-order valence-electron chi connectivity index (χ4n) is 7.74. The van der Waals surface area contributed by atoms with Gasteiger partial charge in [0.1, 0.15) is 29.5 Å². The molecule has 6 aromatic carbocycles. The van der Waals surface area contributed by atoms with E-state index in [0.29, 0.717) is 0 Å². The van der Waals surface area contributed by atoms with Gasteiger partial charge >= 0.3 is 5.69 Å². The Kier molecular flexibility index (Phi) is 10.2. The summed E-state index contributed by atoms with van der Waals surface area (Å²) in [6.07, 6.45) is -3.22. The van der Waals surface area contributed by atoms with E-state index in [4.69, 9.17) is 14.2 Å². The zero-order valence-corrected chi connectivity index (χ0v) is 29.9. The van der Waals surface area contributed by atoms with Crippen LogP contribution in [0.5, 0.6) is 0 Å². The second-order valence-electron chi connectivity index (χ2n) is 13.5. The van der Waals surface area contributed by atoms with Crippen LogP contribution in [0.3, 0.4) is 0 Å². The molecule has 274 valence electrons. The molecule has 1 aromatic heterocycles. The van der Waals surface area contributed by atoms with Crippen molar-refractivity contribution in [3.63, 3.8) is 0 Å². The molecule has 1 saturated heterocycles. The van der Waals surface area contributed by atoms with E-state index in [1.54, 1.807) is 0 Å². The summed E-state index contributed by atoms with van der Waals surface area (Å²) in [4.78, 5) is 28.1. The standard InChI is InChI=1S/C47H40N2O6/c50-41-31-32-49(45(52)48-41)44-43(55-47(37-25-13-4-14-26-37,38-27-15-5-16-28-38)39-29-17-6-18-30-39)42(51)40(54-44)33-53-46(34-19-7-1-8-20-34,35-21-9-2-10-22-35)36-23-11-3-12-24-36/h1-32,40,42-44,51H,33H2,(H,48,50,52)/t40-,42-,43+,44-/m1/s1. The van der Waals surface area contributed by atoms with Gasteiger partial charge in [-0.2, -0.15) is 0 Å². The summed E-state index contributed by atoms with van der Waals surface area (Å²) in [5, 5.41) is 12.5. The molecule has 0 unspecified atom stereocenters. The predicted octanol–water partition coefficient (Wildman–Crippen LogP) is 7.18. The molecular weight excluding hydrogens is 689 g/mol. The minimum Gasteiger partial charge on any atom is -0.387 e. The van der Waals surface area contributed by atoms with Crippen molar-refractivity contribution in [1.29, 1.82) is 0 Å². The van der Waals surface area contributed by atoms with Gasteiger partial charge in [0.2, 0.25) is 0 Å². The number of nitrogens with one attached hydrogen (secondary N) is 1. The number of hydrogen-bond donors (Lipinski definition) is 2. The van der Waals surface area contributed by atoms with Gasteiger partial charge in [-0.05, 0) is 33.4 Å². The third-order valence-corrected chi connectivity index (χ3v) is 10.3. The number of ether oxygens (including phenoxy) is 3. The molecule has 0 bridgehead atoms. The van der Waals surface area contributed by atoms with Gasteiger partial charge in [0.25, 0.3) is 5.56 Å². The van der Waals surface area contributed by atoms with Crippen molar-refractivity contribution in [1.82, 2.24) is 9.55 Å². The van der Waals surface area contributed by atoms with Gasteiger partial charge < -0.3 is 19.3 Å². The Balaban J connectivity index is 1.26. The summed E-state index contributed by atoms with van der Waals surface area (Å²) in [5.41, 5.74) is 1.47. The number of H-pyrrole nitrogens is 1. The van der Waals surface area contributed by atoms with Gasteiger partial charge in [0, 0.05) is 12.3 Å². The summed E-state index contributed by atoms with van der Waals surface area (Å²) in [6.45, 7) is -0.0939. The highest BCUT2D eigenvalue weighted by atomic mass is 16.6. The van der Waals surface area contributed by atoms with Crippen LogP contribution in [0.1, 0.15) is 39.6 Å². The molecule has 7 aromatic rings. The SMILES string of the molecule is O=c1ccn([C@@H]2O[C@H](COC(c3ccccc3)(c3ccccc3)c3ccccc3)[C@@H](O)[C@@H]2OC(c2ccccc2)(c2ccccc2)c2ccccc2)c(=O)[nH]1. The molecule has 1 aliphatic heterocycles. The number of hydrogen-bond acceptors (Lipinski definition) is 6. The van der Waals surface area contributed by atoms with E-state index in [2.05, 4.69) is 4.98 Å². The molecule has 0 spiro atoms. The Hall–Kier alpha value is -6.16. The van der Waals surface area contributed by atoms with Gasteiger partial charge in [-0.25, -0.2) is 4.79 Å². The smallest absolute Gasteiger partial charge is 0.330 e. The number of aromatic amines is 1. The summed E-state index contributed by atoms with van der Waals surface area (Å²) in [7, 11) is 0. The maximum atomic E-state index is 13.5. The highest BCUT2D eigenvalue weighted by molar-refractivity contribution is 5.49. The van der Waals surface area contributed by atoms with Crippen LogP contribution in [-0.4, -0.2) is 39.6 Å². The Morgan fingerprint density at radius 2 is 0.909 bits per heavy atom. The number of rotatable bonds is 12. The van der Waals surface area contributed by atoms with Crippen molar-refractivity contribution in [2.75, 3.05) is 6.61 Å². The maximum Gasteiger partial charge on any atom is 0.330 e. The lowest BCUT2D eigenvalue weighted by molar-refractivity contribution is -0.125. The third kappa shape index (κ3) is 6.77. The fourth-order valence-corrected chi connectivity index (χ4v) is 7.74. The highest BCUT2D eigenvalue weighted by Crippen LogP contribution is 2.46. The zero-order chi connectivity index (χ0) is 37.7. The topological polar surface area (TPSA) is 103 Å². The minimum absolute atomic E-state index is 0.0939. The number of aromatic nitrogens is 2. The van der Waals surface area contributed by atoms with Crippen molar-refractivity contribution < 1.29 is 19.3 Å². The average Bonchev–Trinajstić information content (AvgIpc) is 3.55. The van der Waals surface area contributed by atoms with Crippen molar-refractivity contribution in [3.05, 3.63) is 248 Å². The molecule has 8 heteroatoms. The van der Waals surface area contributed by atoms with Gasteiger partial charge in [-0.1, -0.05) is 182 Å². The van der Waals surface area contributed by atoms with Crippen LogP contribution in [0.15, 0.2) is 204 Å². The normalized spacial score (nSPS) is 18.6.